The summed E-state index contributed by atoms with van der Waals surface area (Å²) in [5.41, 5.74) is 12.0. The molecule has 1 spiro atoms. The Bertz CT molecular complexity index is 1400. The van der Waals surface area contributed by atoms with Crippen molar-refractivity contribution in [1.82, 2.24) is 0 Å². The molecule has 0 amide bonds. The van der Waals surface area contributed by atoms with Gasteiger partial charge in [-0.2, -0.15) is 0 Å². The van der Waals surface area contributed by atoms with E-state index in [9.17, 15) is 10.2 Å². The van der Waals surface area contributed by atoms with E-state index in [0.717, 1.165) is 16.7 Å². The van der Waals surface area contributed by atoms with Crippen molar-refractivity contribution < 1.29 is 10.2 Å². The summed E-state index contributed by atoms with van der Waals surface area (Å²) in [6.45, 7) is 12.9. The van der Waals surface area contributed by atoms with E-state index in [1.54, 1.807) is 0 Å². The van der Waals surface area contributed by atoms with Crippen LogP contribution in [0.4, 0.5) is 0 Å². The number of aryl methyl sites for hydroxylation is 1. The highest BCUT2D eigenvalue weighted by molar-refractivity contribution is 5.89. The van der Waals surface area contributed by atoms with Crippen molar-refractivity contribution in [2.75, 3.05) is 0 Å². The van der Waals surface area contributed by atoms with Crippen molar-refractivity contribution in [1.29, 1.82) is 0 Å². The van der Waals surface area contributed by atoms with Gasteiger partial charge in [0.25, 0.3) is 0 Å². The van der Waals surface area contributed by atoms with Gasteiger partial charge in [-0.15, -0.1) is 0 Å². The Labute approximate surface area is 202 Å². The molecule has 2 N–H and O–H groups in total. The number of hydrogen-bond donors (Lipinski definition) is 2. The van der Waals surface area contributed by atoms with E-state index in [-0.39, 0.29) is 11.3 Å². The van der Waals surface area contributed by atoms with Gasteiger partial charge < -0.3 is 10.2 Å². The van der Waals surface area contributed by atoms with Crippen molar-refractivity contribution in [2.45, 2.75) is 58.5 Å². The summed E-state index contributed by atoms with van der Waals surface area (Å²) >= 11 is 0. The van der Waals surface area contributed by atoms with Gasteiger partial charge in [-0.3, -0.25) is 0 Å². The molecule has 2 nitrogen and oxygen atoms in total. The molecule has 3 aromatic rings. The summed E-state index contributed by atoms with van der Waals surface area (Å²) in [4.78, 5) is 0. The number of hydrogen-bond acceptors (Lipinski definition) is 2. The van der Waals surface area contributed by atoms with Crippen LogP contribution in [0.3, 0.4) is 0 Å². The Morgan fingerprint density at radius 1 is 0.824 bits per heavy atom. The number of rotatable bonds is 0. The van der Waals surface area contributed by atoms with Crippen molar-refractivity contribution in [3.63, 3.8) is 0 Å². The lowest BCUT2D eigenvalue weighted by molar-refractivity contribution is 0.157. The zero-order chi connectivity index (χ0) is 24.2. The number of aromatic hydroxyl groups is 1. The molecular formula is C32H32O2. The second kappa shape index (κ2) is 6.73. The van der Waals surface area contributed by atoms with Gasteiger partial charge in [0.15, 0.2) is 0 Å². The van der Waals surface area contributed by atoms with E-state index < -0.39 is 11.5 Å². The van der Waals surface area contributed by atoms with Crippen LogP contribution >= 0.6 is 0 Å². The largest absolute Gasteiger partial charge is 0.507 e. The monoisotopic (exact) mass is 448 g/mol. The third-order valence-electron chi connectivity index (χ3n) is 8.87. The van der Waals surface area contributed by atoms with Crippen LogP contribution in [0.1, 0.15) is 61.1 Å². The number of allylic oxidation sites excluding steroid dienone is 2. The topological polar surface area (TPSA) is 40.5 Å². The zero-order valence-electron chi connectivity index (χ0n) is 20.8. The standard InChI is InChI=1S/C32H32O2/c1-17-15-25-27(19(3)29(17)33)32(28-20(4)30(34)18(2)16-26(28)31(25,5)6)23-13-9-7-11-21(23)22-12-8-10-14-24(22)32/h7-16,19,29,33-34H,1-6H3. The minimum atomic E-state index is -0.555. The summed E-state index contributed by atoms with van der Waals surface area (Å²) in [5.74, 6) is 0.310. The Morgan fingerprint density at radius 2 is 1.38 bits per heavy atom. The highest BCUT2D eigenvalue weighted by Crippen LogP contribution is 2.66. The molecule has 0 radical (unpaired) electrons. The molecule has 2 atom stereocenters. The molecule has 0 aliphatic heterocycles. The SMILES string of the molecule is CC1=CC2=C(C(C)C1O)C1(c3ccccc3-c3ccccc31)c1c(cc(C)c(O)c1C)C2(C)C. The van der Waals surface area contributed by atoms with Crippen molar-refractivity contribution in [3.8, 4) is 16.9 Å². The van der Waals surface area contributed by atoms with Crippen LogP contribution in [0.15, 0.2) is 77.4 Å². The molecule has 0 saturated heterocycles. The maximum absolute atomic E-state index is 11.4. The number of aliphatic hydroxyl groups is 1. The van der Waals surface area contributed by atoms with Crippen molar-refractivity contribution in [2.24, 2.45) is 5.92 Å². The number of phenols is 1. The molecular weight excluding hydrogens is 416 g/mol. The molecule has 2 heteroatoms. The fourth-order valence-electron chi connectivity index (χ4n) is 7.27. The molecule has 34 heavy (non-hydrogen) atoms. The molecule has 6 rings (SSSR count). The highest BCUT2D eigenvalue weighted by atomic mass is 16.3. The summed E-state index contributed by atoms with van der Waals surface area (Å²) in [6.07, 6.45) is 1.71. The Hall–Kier alpha value is -3.10. The summed E-state index contributed by atoms with van der Waals surface area (Å²) in [5, 5.41) is 22.6. The summed E-state index contributed by atoms with van der Waals surface area (Å²) in [7, 11) is 0. The van der Waals surface area contributed by atoms with E-state index in [1.165, 1.54) is 44.5 Å². The molecule has 0 bridgehead atoms. The lowest BCUT2D eigenvalue weighted by Gasteiger charge is -2.52. The summed E-state index contributed by atoms with van der Waals surface area (Å²) in [6, 6.07) is 19.6. The average Bonchev–Trinajstić information content (AvgIpc) is 3.10. The van der Waals surface area contributed by atoms with E-state index in [0.29, 0.717) is 5.75 Å². The number of phenolic OH excluding ortho intramolecular Hbond substituents is 1. The van der Waals surface area contributed by atoms with Crippen molar-refractivity contribution >= 4 is 0 Å². The lowest BCUT2D eigenvalue weighted by atomic mass is 9.50. The van der Waals surface area contributed by atoms with Gasteiger partial charge in [-0.05, 0) is 82.0 Å². The minimum absolute atomic E-state index is 0.0607. The fourth-order valence-corrected chi connectivity index (χ4v) is 7.27. The maximum Gasteiger partial charge on any atom is 0.121 e. The predicted octanol–water partition coefficient (Wildman–Crippen LogP) is 6.87. The lowest BCUT2D eigenvalue weighted by Crippen LogP contribution is -2.47. The molecule has 0 saturated carbocycles. The molecule has 0 heterocycles. The predicted molar refractivity (Wildman–Crippen MR) is 138 cm³/mol. The van der Waals surface area contributed by atoms with Gasteiger partial charge in [-0.25, -0.2) is 0 Å². The molecule has 0 aromatic heterocycles. The third-order valence-corrected chi connectivity index (χ3v) is 8.87. The van der Waals surface area contributed by atoms with Crippen molar-refractivity contribution in [3.05, 3.63) is 111 Å². The van der Waals surface area contributed by atoms with Gasteiger partial charge in [0.2, 0.25) is 0 Å². The highest BCUT2D eigenvalue weighted by Gasteiger charge is 2.57. The number of benzene rings is 3. The minimum Gasteiger partial charge on any atom is -0.507 e. The van der Waals surface area contributed by atoms with E-state index >= 15 is 0 Å². The molecule has 3 aliphatic carbocycles. The van der Waals surface area contributed by atoms with Gasteiger partial charge in [0, 0.05) is 11.3 Å². The zero-order valence-corrected chi connectivity index (χ0v) is 20.8. The molecule has 3 aliphatic rings. The molecule has 172 valence electrons. The van der Waals surface area contributed by atoms with Gasteiger partial charge in [0.1, 0.15) is 5.75 Å². The fraction of sp³-hybridized carbons (Fsp3) is 0.312. The van der Waals surface area contributed by atoms with E-state index in [2.05, 4.69) is 88.4 Å². The Kier molecular flexibility index (Phi) is 4.24. The van der Waals surface area contributed by atoms with E-state index in [4.69, 9.17) is 0 Å². The second-order valence-corrected chi connectivity index (χ2v) is 11.0. The average molecular weight is 449 g/mol. The van der Waals surface area contributed by atoms with Crippen LogP contribution in [0.2, 0.25) is 0 Å². The maximum atomic E-state index is 11.4. The van der Waals surface area contributed by atoms with Gasteiger partial charge in [-0.1, -0.05) is 81.4 Å². The van der Waals surface area contributed by atoms with Gasteiger partial charge >= 0.3 is 0 Å². The van der Waals surface area contributed by atoms with Crippen LogP contribution < -0.4 is 0 Å². The van der Waals surface area contributed by atoms with Crippen LogP contribution in [-0.4, -0.2) is 16.3 Å². The smallest absolute Gasteiger partial charge is 0.121 e. The van der Waals surface area contributed by atoms with Crippen LogP contribution in [0.25, 0.3) is 11.1 Å². The Morgan fingerprint density at radius 3 is 1.97 bits per heavy atom. The first kappa shape index (κ1) is 21.4. The van der Waals surface area contributed by atoms with Crippen LogP contribution in [-0.2, 0) is 10.8 Å². The second-order valence-electron chi connectivity index (χ2n) is 11.0. The third kappa shape index (κ3) is 2.30. The number of fused-ring (bicyclic) bond motifs is 8. The number of aliphatic hydroxyl groups excluding tert-OH is 1. The first-order valence-corrected chi connectivity index (χ1v) is 12.3. The van der Waals surface area contributed by atoms with Crippen LogP contribution in [0.5, 0.6) is 5.75 Å². The van der Waals surface area contributed by atoms with E-state index in [1.807, 2.05) is 13.8 Å². The molecule has 3 aromatic carbocycles. The molecule has 2 unspecified atom stereocenters. The summed E-state index contributed by atoms with van der Waals surface area (Å²) < 4.78 is 0. The van der Waals surface area contributed by atoms with Crippen LogP contribution in [0, 0.1) is 19.8 Å². The first-order chi connectivity index (χ1) is 16.1. The normalized spacial score (nSPS) is 23.2. The van der Waals surface area contributed by atoms with Gasteiger partial charge in [0.05, 0.1) is 11.5 Å². The Balaban J connectivity index is 1.92. The molecule has 0 fully saturated rings. The quantitative estimate of drug-likeness (QED) is 0.394. The first-order valence-electron chi connectivity index (χ1n) is 12.3.